The number of ether oxygens (including phenoxy) is 4. The third kappa shape index (κ3) is 8.16. The van der Waals surface area contributed by atoms with E-state index >= 15 is 0 Å². The largest absolute Gasteiger partial charge is 0.497 e. The minimum absolute atomic E-state index is 0.0442. The molecule has 13 heteroatoms. The molecule has 13 nitrogen and oxygen atoms in total. The molecule has 1 saturated heterocycles. The molecule has 3 atom stereocenters. The number of aryl methyl sites for hydroxylation is 2. The van der Waals surface area contributed by atoms with E-state index in [4.69, 9.17) is 28.9 Å². The zero-order valence-corrected chi connectivity index (χ0v) is 34.0. The Morgan fingerprint density at radius 2 is 1.69 bits per heavy atom. The molecule has 0 saturated carbocycles. The Labute approximate surface area is 351 Å². The number of azide groups is 1. The van der Waals surface area contributed by atoms with Crippen LogP contribution >= 0.6 is 0 Å². The molecule has 61 heavy (non-hydrogen) atoms. The lowest BCUT2D eigenvalue weighted by Gasteiger charge is -2.44. The number of hydrogen-bond acceptors (Lipinski definition) is 10. The summed E-state index contributed by atoms with van der Waals surface area (Å²) in [4.78, 5) is 43.0. The van der Waals surface area contributed by atoms with E-state index in [1.54, 1.807) is 62.6 Å². The number of nitrogens with zero attached hydrogens (tertiary/aromatic N) is 4. The molecule has 4 aromatic rings. The van der Waals surface area contributed by atoms with Crippen LogP contribution in [0.1, 0.15) is 35.6 Å². The lowest BCUT2D eigenvalue weighted by Crippen LogP contribution is -2.61. The Morgan fingerprint density at radius 3 is 2.43 bits per heavy atom. The van der Waals surface area contributed by atoms with Gasteiger partial charge < -0.3 is 33.4 Å². The molecule has 1 amide bonds. The molecule has 3 heterocycles. The summed E-state index contributed by atoms with van der Waals surface area (Å²) in [5, 5.41) is 14.7. The fourth-order valence-electron chi connectivity index (χ4n) is 8.10. The number of fused-ring (bicyclic) bond motifs is 3. The van der Waals surface area contributed by atoms with Crippen molar-refractivity contribution in [2.75, 3.05) is 13.7 Å². The van der Waals surface area contributed by atoms with E-state index in [0.717, 1.165) is 44.5 Å². The minimum atomic E-state index is -0.857. The molecule has 1 aliphatic carbocycles. The lowest BCUT2D eigenvalue weighted by molar-refractivity contribution is -0.162. The van der Waals surface area contributed by atoms with Gasteiger partial charge in [-0.2, -0.15) is 0 Å². The van der Waals surface area contributed by atoms with Crippen molar-refractivity contribution in [1.82, 2.24) is 4.90 Å². The van der Waals surface area contributed by atoms with Crippen molar-refractivity contribution < 1.29 is 38.1 Å². The fourth-order valence-corrected chi connectivity index (χ4v) is 8.10. The lowest BCUT2D eigenvalue weighted by atomic mass is 9.83. The maximum atomic E-state index is 13.4. The number of aliphatic hydroxyl groups is 1. The van der Waals surface area contributed by atoms with E-state index in [0.29, 0.717) is 46.1 Å². The van der Waals surface area contributed by atoms with Crippen molar-refractivity contribution in [3.63, 3.8) is 0 Å². The molecule has 0 bridgehead atoms. The van der Waals surface area contributed by atoms with Crippen LogP contribution in [-0.4, -0.2) is 47.7 Å². The van der Waals surface area contributed by atoms with Gasteiger partial charge in [0.2, 0.25) is 5.91 Å². The number of carbonyl (C=O) groups is 2. The summed E-state index contributed by atoms with van der Waals surface area (Å²) < 4.78 is 29.6. The summed E-state index contributed by atoms with van der Waals surface area (Å²) in [6.07, 6.45) is 3.09. The SMILES string of the molecule is COc1ccc(-c2c3ccc(=O)cc-3oc3cc(OCc4ccc(OC/C=C/C5=C(C(=O)OCc6ccc(N=[N+]=[N-])cc6)N6C(=O)[C@H]([C@@H](C)O)[C@H]6C5)c(C)c4)ccc23)c(C)c1. The molecule has 0 radical (unpaired) electrons. The van der Waals surface area contributed by atoms with Crippen LogP contribution in [0, 0.1) is 19.8 Å². The predicted octanol–water partition coefficient (Wildman–Crippen LogP) is 9.26. The zero-order chi connectivity index (χ0) is 42.8. The summed E-state index contributed by atoms with van der Waals surface area (Å²) >= 11 is 0. The van der Waals surface area contributed by atoms with Gasteiger partial charge in [-0.15, -0.1) is 0 Å². The third-order valence-corrected chi connectivity index (χ3v) is 11.1. The number of aliphatic hydroxyl groups excluding tert-OH is 1. The van der Waals surface area contributed by atoms with Crippen molar-refractivity contribution in [3.8, 4) is 39.7 Å². The Morgan fingerprint density at radius 1 is 0.918 bits per heavy atom. The van der Waals surface area contributed by atoms with Crippen LogP contribution in [0.5, 0.6) is 17.2 Å². The van der Waals surface area contributed by atoms with Gasteiger partial charge in [-0.05, 0) is 121 Å². The first kappa shape index (κ1) is 40.4. The second kappa shape index (κ2) is 17.1. The van der Waals surface area contributed by atoms with Crippen LogP contribution in [0.3, 0.4) is 0 Å². The summed E-state index contributed by atoms with van der Waals surface area (Å²) in [5.74, 6) is 0.952. The molecule has 8 rings (SSSR count). The van der Waals surface area contributed by atoms with E-state index in [-0.39, 0.29) is 42.9 Å². The summed E-state index contributed by atoms with van der Waals surface area (Å²) in [6.45, 7) is 5.98. The molecule has 308 valence electrons. The molecular formula is C48H42N4O9. The highest BCUT2D eigenvalue weighted by Gasteiger charge is 2.56. The Hall–Kier alpha value is -7.34. The minimum Gasteiger partial charge on any atom is -0.497 e. The monoisotopic (exact) mass is 818 g/mol. The molecule has 4 aromatic carbocycles. The van der Waals surface area contributed by atoms with Gasteiger partial charge in [-0.25, -0.2) is 4.79 Å². The van der Waals surface area contributed by atoms with E-state index in [9.17, 15) is 19.5 Å². The predicted molar refractivity (Wildman–Crippen MR) is 228 cm³/mol. The van der Waals surface area contributed by atoms with Gasteiger partial charge in [0, 0.05) is 39.2 Å². The first-order valence-electron chi connectivity index (χ1n) is 19.8. The van der Waals surface area contributed by atoms with Crippen LogP contribution in [0.2, 0.25) is 0 Å². The van der Waals surface area contributed by atoms with Crippen molar-refractivity contribution in [2.24, 2.45) is 11.0 Å². The molecule has 0 spiro atoms. The molecule has 3 aliphatic heterocycles. The van der Waals surface area contributed by atoms with Crippen molar-refractivity contribution >= 4 is 28.5 Å². The van der Waals surface area contributed by atoms with Crippen LogP contribution in [0.25, 0.3) is 43.9 Å². The second-order valence-corrected chi connectivity index (χ2v) is 15.1. The highest BCUT2D eigenvalue weighted by atomic mass is 16.5. The molecule has 1 N–H and O–H groups in total. The number of β-lactam (4-membered cyclic amide) rings is 1. The fraction of sp³-hybridized carbons (Fsp3) is 0.229. The van der Waals surface area contributed by atoms with Crippen molar-refractivity contribution in [3.05, 3.63) is 163 Å². The standard InChI is InChI=1S/C48H42N4O9/c1-27-21-35(57-4)13-16-37(27)45-38-15-12-34(54)23-42(38)61-43-24-36(14-17-39(43)45)59-26-31-9-18-41(28(2)20-31)58-19-5-6-32-22-40-44(29(3)53)47(55)52(40)46(32)48(56)60-25-30-7-10-33(11-8-30)50-51-49/h5-18,20-21,23-24,29,40,44,53H,19,22,25-26H2,1-4H3/b6-5+/t29-,40-,44-/m1/s1. The Balaban J connectivity index is 0.937. The van der Waals surface area contributed by atoms with E-state index in [1.807, 2.05) is 68.4 Å². The van der Waals surface area contributed by atoms with Gasteiger partial charge in [-0.1, -0.05) is 47.6 Å². The first-order chi connectivity index (χ1) is 29.5. The average molecular weight is 819 g/mol. The van der Waals surface area contributed by atoms with E-state index < -0.39 is 18.0 Å². The molecule has 4 aliphatic rings. The number of methoxy groups -OCH3 is 1. The number of hydrogen-bond donors (Lipinski definition) is 1. The number of carbonyl (C=O) groups excluding carboxylic acids is 2. The maximum absolute atomic E-state index is 13.4. The number of rotatable bonds is 14. The normalized spacial score (nSPS) is 16.3. The van der Waals surface area contributed by atoms with Crippen LogP contribution in [0.4, 0.5) is 5.69 Å². The van der Waals surface area contributed by atoms with Crippen LogP contribution < -0.4 is 19.6 Å². The third-order valence-electron chi connectivity index (χ3n) is 11.1. The highest BCUT2D eigenvalue weighted by Crippen LogP contribution is 2.45. The quantitative estimate of drug-likeness (QED) is 0.0281. The van der Waals surface area contributed by atoms with Crippen molar-refractivity contribution in [2.45, 2.75) is 52.6 Å². The van der Waals surface area contributed by atoms with Crippen LogP contribution in [0.15, 0.2) is 135 Å². The van der Waals surface area contributed by atoms with Crippen LogP contribution in [-0.2, 0) is 27.5 Å². The molecule has 1 fully saturated rings. The number of amides is 1. The average Bonchev–Trinajstić information content (AvgIpc) is 3.57. The van der Waals surface area contributed by atoms with Gasteiger partial charge in [-0.3, -0.25) is 9.59 Å². The van der Waals surface area contributed by atoms with Gasteiger partial charge in [0.15, 0.2) is 5.43 Å². The Kier molecular flexibility index (Phi) is 11.3. The topological polar surface area (TPSA) is 174 Å². The molecule has 0 aromatic heterocycles. The van der Waals surface area contributed by atoms with Gasteiger partial charge in [0.05, 0.1) is 25.2 Å². The Bertz CT molecular complexity index is 2820. The van der Waals surface area contributed by atoms with Gasteiger partial charge >= 0.3 is 5.97 Å². The van der Waals surface area contributed by atoms with Gasteiger partial charge in [0.25, 0.3) is 0 Å². The number of benzene rings is 5. The highest BCUT2D eigenvalue weighted by molar-refractivity contribution is 6.03. The molecular weight excluding hydrogens is 777 g/mol. The zero-order valence-electron chi connectivity index (χ0n) is 34.0. The molecule has 0 unspecified atom stereocenters. The second-order valence-electron chi connectivity index (χ2n) is 15.1. The van der Waals surface area contributed by atoms with E-state index in [2.05, 4.69) is 10.0 Å². The smallest absolute Gasteiger partial charge is 0.355 e. The number of allylic oxidation sites excluding steroid dienone is 1. The first-order valence-corrected chi connectivity index (χ1v) is 19.8. The van der Waals surface area contributed by atoms with Crippen molar-refractivity contribution in [1.29, 1.82) is 0 Å². The van der Waals surface area contributed by atoms with Gasteiger partial charge in [0.1, 0.15) is 54.1 Å². The summed E-state index contributed by atoms with van der Waals surface area (Å²) in [5.41, 5.74) is 16.6. The number of esters is 1. The van der Waals surface area contributed by atoms with E-state index in [1.165, 1.54) is 11.0 Å². The maximum Gasteiger partial charge on any atom is 0.355 e. The summed E-state index contributed by atoms with van der Waals surface area (Å²) in [6, 6.07) is 28.6. The summed E-state index contributed by atoms with van der Waals surface area (Å²) in [7, 11) is 1.64.